The third-order valence-corrected chi connectivity index (χ3v) is 1.83. The van der Waals surface area contributed by atoms with E-state index in [0.29, 0.717) is 0 Å². The molecule has 0 saturated carbocycles. The van der Waals surface area contributed by atoms with E-state index >= 15 is 0 Å². The Bertz CT molecular complexity index is 333. The van der Waals surface area contributed by atoms with E-state index in [1.54, 1.807) is 12.3 Å². The van der Waals surface area contributed by atoms with Crippen molar-refractivity contribution in [2.24, 2.45) is 0 Å². The number of hydrogen-bond donors (Lipinski definition) is 0. The van der Waals surface area contributed by atoms with Gasteiger partial charge >= 0.3 is 0 Å². The van der Waals surface area contributed by atoms with Crippen molar-refractivity contribution in [3.63, 3.8) is 0 Å². The number of fused-ring (bicyclic) bond motifs is 1. The molecule has 0 amide bonds. The predicted molar refractivity (Wildman–Crippen MR) is 42.2 cm³/mol. The normalized spacial score (nSPS) is 12.9. The summed E-state index contributed by atoms with van der Waals surface area (Å²) < 4.78 is 12.8. The van der Waals surface area contributed by atoms with Crippen LogP contribution in [0.5, 0.6) is 0 Å². The lowest BCUT2D eigenvalue weighted by molar-refractivity contribution is 0.628. The van der Waals surface area contributed by atoms with Crippen LogP contribution in [0, 0.1) is 5.82 Å². The number of rotatable bonds is 0. The molecule has 55 valence electrons. The summed E-state index contributed by atoms with van der Waals surface area (Å²) in [5, 5.41) is 4.09. The second-order valence-corrected chi connectivity index (χ2v) is 2.68. The maximum Gasteiger partial charge on any atom is 0.142 e. The molecular formula is C8H4ClFN. The molecule has 0 aromatic heterocycles. The lowest BCUT2D eigenvalue weighted by Crippen LogP contribution is -1.84. The predicted octanol–water partition coefficient (Wildman–Crippen LogP) is 2.70. The first-order valence-electron chi connectivity index (χ1n) is 3.14. The quantitative estimate of drug-likeness (QED) is 0.566. The molecule has 11 heavy (non-hydrogen) atoms. The zero-order chi connectivity index (χ0) is 7.84. The monoisotopic (exact) mass is 168 g/mol. The SMILES string of the molecule is Fc1cc2c(cc1Cl)[N]C=C2. The van der Waals surface area contributed by atoms with Gasteiger partial charge in [0.2, 0.25) is 0 Å². The van der Waals surface area contributed by atoms with Crippen LogP contribution in [0.3, 0.4) is 0 Å². The Morgan fingerprint density at radius 3 is 3.00 bits per heavy atom. The Morgan fingerprint density at radius 1 is 1.36 bits per heavy atom. The maximum atomic E-state index is 12.8. The van der Waals surface area contributed by atoms with E-state index < -0.39 is 5.82 Å². The van der Waals surface area contributed by atoms with Crippen molar-refractivity contribution in [2.45, 2.75) is 0 Å². The zero-order valence-electron chi connectivity index (χ0n) is 5.51. The largest absolute Gasteiger partial charge is 0.256 e. The van der Waals surface area contributed by atoms with Crippen molar-refractivity contribution in [1.29, 1.82) is 0 Å². The summed E-state index contributed by atoms with van der Waals surface area (Å²) in [4.78, 5) is 0. The fourth-order valence-electron chi connectivity index (χ4n) is 0.995. The van der Waals surface area contributed by atoms with Gasteiger partial charge in [0.1, 0.15) is 5.82 Å². The summed E-state index contributed by atoms with van der Waals surface area (Å²) in [5.41, 5.74) is 1.52. The fourth-order valence-corrected chi connectivity index (χ4v) is 1.15. The molecule has 3 heteroatoms. The smallest absolute Gasteiger partial charge is 0.142 e. The summed E-state index contributed by atoms with van der Waals surface area (Å²) in [7, 11) is 0. The molecule has 0 bridgehead atoms. The minimum Gasteiger partial charge on any atom is -0.256 e. The van der Waals surface area contributed by atoms with E-state index in [1.165, 1.54) is 12.1 Å². The summed E-state index contributed by atoms with van der Waals surface area (Å²) in [6.07, 6.45) is 3.37. The van der Waals surface area contributed by atoms with Crippen molar-refractivity contribution in [3.8, 4) is 0 Å². The van der Waals surface area contributed by atoms with Crippen LogP contribution < -0.4 is 5.32 Å². The molecule has 0 N–H and O–H groups in total. The van der Waals surface area contributed by atoms with Crippen LogP contribution in [0.15, 0.2) is 18.3 Å². The molecular weight excluding hydrogens is 165 g/mol. The number of hydrogen-bond acceptors (Lipinski definition) is 0. The van der Waals surface area contributed by atoms with Crippen molar-refractivity contribution in [2.75, 3.05) is 0 Å². The molecule has 0 unspecified atom stereocenters. The fraction of sp³-hybridized carbons (Fsp3) is 0. The molecule has 0 atom stereocenters. The molecule has 1 aliphatic heterocycles. The Balaban J connectivity index is 2.63. The number of nitrogens with zero attached hydrogens (tertiary/aromatic N) is 1. The standard InChI is InChI=1S/C8H4ClFN/c9-6-4-8-5(1-2-11-8)3-7(6)10/h1-4H. The van der Waals surface area contributed by atoms with Crippen LogP contribution in [0.4, 0.5) is 10.1 Å². The van der Waals surface area contributed by atoms with Gasteiger partial charge in [0.15, 0.2) is 0 Å². The molecule has 1 aliphatic rings. The van der Waals surface area contributed by atoms with Gasteiger partial charge in [-0.15, -0.1) is 0 Å². The average Bonchev–Trinajstić information content (AvgIpc) is 2.36. The number of benzene rings is 1. The van der Waals surface area contributed by atoms with Gasteiger partial charge in [0.05, 0.1) is 10.7 Å². The van der Waals surface area contributed by atoms with Gasteiger partial charge in [-0.05, 0) is 18.2 Å². The molecule has 1 aromatic carbocycles. The first-order valence-corrected chi connectivity index (χ1v) is 3.51. The zero-order valence-corrected chi connectivity index (χ0v) is 6.27. The van der Waals surface area contributed by atoms with Crippen LogP contribution in [-0.2, 0) is 0 Å². The lowest BCUT2D eigenvalue weighted by Gasteiger charge is -1.98. The summed E-state index contributed by atoms with van der Waals surface area (Å²) in [6, 6.07) is 2.90. The summed E-state index contributed by atoms with van der Waals surface area (Å²) in [5.74, 6) is -0.396. The highest BCUT2D eigenvalue weighted by atomic mass is 35.5. The van der Waals surface area contributed by atoms with Crippen molar-refractivity contribution >= 4 is 23.4 Å². The average molecular weight is 169 g/mol. The topological polar surface area (TPSA) is 14.1 Å². The first-order chi connectivity index (χ1) is 5.27. The highest BCUT2D eigenvalue weighted by molar-refractivity contribution is 6.31. The lowest BCUT2D eigenvalue weighted by atomic mass is 10.2. The number of halogens is 2. The van der Waals surface area contributed by atoms with E-state index in [9.17, 15) is 4.39 Å². The Morgan fingerprint density at radius 2 is 2.18 bits per heavy atom. The second kappa shape index (κ2) is 2.24. The van der Waals surface area contributed by atoms with Gasteiger partial charge in [-0.1, -0.05) is 11.6 Å². The van der Waals surface area contributed by atoms with Gasteiger partial charge in [-0.2, -0.15) is 0 Å². The van der Waals surface area contributed by atoms with Crippen molar-refractivity contribution in [1.82, 2.24) is 5.32 Å². The van der Waals surface area contributed by atoms with E-state index in [2.05, 4.69) is 5.32 Å². The summed E-state index contributed by atoms with van der Waals surface area (Å²) in [6.45, 7) is 0. The van der Waals surface area contributed by atoms with Gasteiger partial charge in [-0.25, -0.2) is 4.39 Å². The van der Waals surface area contributed by atoms with Gasteiger partial charge < -0.3 is 0 Å². The third kappa shape index (κ3) is 0.994. The van der Waals surface area contributed by atoms with Crippen LogP contribution in [-0.4, -0.2) is 0 Å². The van der Waals surface area contributed by atoms with E-state index in [1.807, 2.05) is 0 Å². The molecule has 2 rings (SSSR count). The van der Waals surface area contributed by atoms with Crippen molar-refractivity contribution < 1.29 is 4.39 Å². The molecule has 0 spiro atoms. The van der Waals surface area contributed by atoms with Crippen LogP contribution in [0.1, 0.15) is 5.56 Å². The van der Waals surface area contributed by atoms with Crippen LogP contribution in [0.25, 0.3) is 6.08 Å². The molecule has 1 heterocycles. The Hall–Kier alpha value is -1.02. The van der Waals surface area contributed by atoms with Gasteiger partial charge in [0.25, 0.3) is 0 Å². The molecule has 1 aromatic rings. The molecule has 0 fully saturated rings. The summed E-state index contributed by atoms with van der Waals surface area (Å²) >= 11 is 5.53. The highest BCUT2D eigenvalue weighted by Crippen LogP contribution is 2.28. The van der Waals surface area contributed by atoms with Gasteiger partial charge in [0, 0.05) is 11.8 Å². The molecule has 0 aliphatic carbocycles. The maximum absolute atomic E-state index is 12.8. The van der Waals surface area contributed by atoms with E-state index in [4.69, 9.17) is 11.6 Å². The van der Waals surface area contributed by atoms with Gasteiger partial charge in [-0.3, -0.25) is 5.32 Å². The molecule has 0 saturated heterocycles. The van der Waals surface area contributed by atoms with E-state index in [0.717, 1.165) is 11.3 Å². The van der Waals surface area contributed by atoms with Crippen LogP contribution >= 0.6 is 11.6 Å². The van der Waals surface area contributed by atoms with Crippen LogP contribution in [0.2, 0.25) is 5.02 Å². The molecule has 1 nitrogen and oxygen atoms in total. The minimum absolute atomic E-state index is 0.121. The third-order valence-electron chi connectivity index (χ3n) is 1.54. The van der Waals surface area contributed by atoms with E-state index in [-0.39, 0.29) is 5.02 Å². The Labute approximate surface area is 68.5 Å². The minimum atomic E-state index is -0.396. The Kier molecular flexibility index (Phi) is 1.36. The first kappa shape index (κ1) is 6.68. The molecule has 1 radical (unpaired) electrons. The highest BCUT2D eigenvalue weighted by Gasteiger charge is 2.09. The van der Waals surface area contributed by atoms with Crippen molar-refractivity contribution in [3.05, 3.63) is 34.7 Å². The second-order valence-electron chi connectivity index (χ2n) is 2.27.